The van der Waals surface area contributed by atoms with E-state index < -0.39 is 0 Å². The van der Waals surface area contributed by atoms with Crippen molar-refractivity contribution in [3.05, 3.63) is 48.2 Å². The van der Waals surface area contributed by atoms with Crippen LogP contribution in [0.25, 0.3) is 0 Å². The summed E-state index contributed by atoms with van der Waals surface area (Å²) < 4.78 is 0. The molecule has 2 aromatic heterocycles. The lowest BCUT2D eigenvalue weighted by molar-refractivity contribution is -0.117. The lowest BCUT2D eigenvalue weighted by Crippen LogP contribution is -2.34. The molecule has 5 rings (SSSR count). The zero-order chi connectivity index (χ0) is 26.3. The molecule has 11 heteroatoms. The van der Waals surface area contributed by atoms with Crippen LogP contribution in [0.2, 0.25) is 0 Å². The summed E-state index contributed by atoms with van der Waals surface area (Å²) in [6, 6.07) is 13.1. The molecule has 2 aliphatic rings. The molecule has 0 aliphatic carbocycles. The van der Waals surface area contributed by atoms with Crippen LogP contribution in [-0.2, 0) is 11.3 Å². The van der Waals surface area contributed by atoms with E-state index in [0.29, 0.717) is 22.7 Å². The van der Waals surface area contributed by atoms with Gasteiger partial charge in [-0.15, -0.1) is 27.1 Å². The smallest absolute Gasteiger partial charge is 0.226 e. The average Bonchev–Trinajstić information content (AvgIpc) is 3.56. The number of hydrogen-bond acceptors (Lipinski definition) is 10. The summed E-state index contributed by atoms with van der Waals surface area (Å²) in [5, 5.41) is 24.9. The molecule has 0 spiro atoms. The monoisotopic (exact) mass is 552 g/mol. The van der Waals surface area contributed by atoms with Crippen molar-refractivity contribution in [2.75, 3.05) is 41.7 Å². The highest BCUT2D eigenvalue weighted by Gasteiger charge is 2.25. The first-order valence-corrected chi connectivity index (χ1v) is 15.1. The number of aromatic nitrogens is 4. The van der Waals surface area contributed by atoms with Gasteiger partial charge in [0, 0.05) is 48.4 Å². The maximum absolute atomic E-state index is 12.7. The van der Waals surface area contributed by atoms with Gasteiger partial charge in [-0.05, 0) is 68.1 Å². The van der Waals surface area contributed by atoms with Crippen LogP contribution in [0.1, 0.15) is 45.1 Å². The normalized spacial score (nSPS) is 18.7. The van der Waals surface area contributed by atoms with Gasteiger partial charge < -0.3 is 15.5 Å². The van der Waals surface area contributed by atoms with Crippen LogP contribution in [0, 0.1) is 5.92 Å². The molecule has 2 aliphatic heterocycles. The van der Waals surface area contributed by atoms with Crippen LogP contribution in [-0.4, -0.2) is 68.7 Å². The van der Waals surface area contributed by atoms with E-state index in [-0.39, 0.29) is 11.9 Å². The summed E-state index contributed by atoms with van der Waals surface area (Å²) in [5.41, 5.74) is 1.36. The van der Waals surface area contributed by atoms with E-state index in [2.05, 4.69) is 78.9 Å². The van der Waals surface area contributed by atoms with Crippen LogP contribution in [0.5, 0.6) is 0 Å². The van der Waals surface area contributed by atoms with Crippen LogP contribution < -0.4 is 15.5 Å². The molecular formula is C27H36N8OS2. The van der Waals surface area contributed by atoms with E-state index in [9.17, 15) is 4.79 Å². The molecule has 9 nitrogen and oxygen atoms in total. The van der Waals surface area contributed by atoms with E-state index in [1.54, 1.807) is 6.20 Å². The number of amides is 1. The lowest BCUT2D eigenvalue weighted by atomic mass is 9.93. The Morgan fingerprint density at radius 2 is 1.84 bits per heavy atom. The van der Waals surface area contributed by atoms with Crippen LogP contribution in [0.4, 0.5) is 16.1 Å². The minimum absolute atomic E-state index is 0.0269. The molecule has 1 atom stereocenters. The van der Waals surface area contributed by atoms with Crippen molar-refractivity contribution in [3.8, 4) is 0 Å². The fraction of sp³-hybridized carbons (Fsp3) is 0.519. The van der Waals surface area contributed by atoms with Crippen molar-refractivity contribution < 1.29 is 4.79 Å². The highest BCUT2D eigenvalue weighted by molar-refractivity contribution is 7.99. The number of benzene rings is 1. The van der Waals surface area contributed by atoms with Gasteiger partial charge >= 0.3 is 0 Å². The average molecular weight is 553 g/mol. The van der Waals surface area contributed by atoms with Crippen molar-refractivity contribution in [3.63, 3.8) is 0 Å². The number of nitrogens with zero attached hydrogens (tertiary/aromatic N) is 6. The van der Waals surface area contributed by atoms with Gasteiger partial charge in [0.1, 0.15) is 0 Å². The predicted molar refractivity (Wildman–Crippen MR) is 155 cm³/mol. The number of thioether (sulfide) groups is 1. The molecule has 0 saturated carbocycles. The van der Waals surface area contributed by atoms with Crippen LogP contribution in [0.3, 0.4) is 0 Å². The second-order valence-corrected chi connectivity index (χ2v) is 13.0. The maximum Gasteiger partial charge on any atom is 0.226 e. The number of nitrogens with one attached hydrogen (secondary N) is 2. The Hall–Kier alpha value is -2.76. The maximum atomic E-state index is 12.7. The molecule has 3 aromatic rings. The van der Waals surface area contributed by atoms with Crippen molar-refractivity contribution in [1.29, 1.82) is 0 Å². The third-order valence-electron chi connectivity index (χ3n) is 6.95. The van der Waals surface area contributed by atoms with E-state index in [4.69, 9.17) is 0 Å². The summed E-state index contributed by atoms with van der Waals surface area (Å²) in [6.45, 7) is 9.23. The second-order valence-electron chi connectivity index (χ2n) is 10.4. The van der Waals surface area contributed by atoms with E-state index in [1.807, 2.05) is 23.9 Å². The van der Waals surface area contributed by atoms with Crippen LogP contribution in [0.15, 0.2) is 47.5 Å². The highest BCUT2D eigenvalue weighted by atomic mass is 32.2. The number of anilines is 3. The van der Waals surface area contributed by atoms with Crippen molar-refractivity contribution in [2.24, 2.45) is 5.92 Å². The molecular weight excluding hydrogens is 516 g/mol. The van der Waals surface area contributed by atoms with Crippen LogP contribution >= 0.6 is 23.1 Å². The first kappa shape index (κ1) is 26.8. The Morgan fingerprint density at radius 3 is 2.58 bits per heavy atom. The summed E-state index contributed by atoms with van der Waals surface area (Å²) in [5.74, 6) is 1.33. The van der Waals surface area contributed by atoms with E-state index in [0.717, 1.165) is 62.9 Å². The summed E-state index contributed by atoms with van der Waals surface area (Å²) in [6.07, 6.45) is 5.29. The minimum Gasteiger partial charge on any atom is -0.355 e. The van der Waals surface area contributed by atoms with Gasteiger partial charge in [-0.25, -0.2) is 0 Å². The molecule has 1 amide bonds. The zero-order valence-corrected chi connectivity index (χ0v) is 23.7. The van der Waals surface area contributed by atoms with Gasteiger partial charge in [0.15, 0.2) is 5.82 Å². The molecule has 202 valence electrons. The fourth-order valence-electron chi connectivity index (χ4n) is 5.04. The first-order chi connectivity index (χ1) is 18.5. The molecule has 0 unspecified atom stereocenters. The topological polar surface area (TPSA) is 99.2 Å². The molecule has 2 fully saturated rings. The largest absolute Gasteiger partial charge is 0.355 e. The second kappa shape index (κ2) is 12.9. The minimum atomic E-state index is 0.0269. The van der Waals surface area contributed by atoms with E-state index >= 15 is 0 Å². The lowest BCUT2D eigenvalue weighted by Gasteiger charge is -2.31. The van der Waals surface area contributed by atoms with Gasteiger partial charge in [0.05, 0.1) is 0 Å². The fourth-order valence-corrected chi connectivity index (χ4v) is 6.61. The first-order valence-electron chi connectivity index (χ1n) is 13.4. The van der Waals surface area contributed by atoms with Gasteiger partial charge in [0.25, 0.3) is 0 Å². The number of likely N-dealkylation sites (tertiary alicyclic amines) is 1. The van der Waals surface area contributed by atoms with Gasteiger partial charge in [-0.2, -0.15) is 5.10 Å². The Kier molecular flexibility index (Phi) is 9.08. The van der Waals surface area contributed by atoms with Crippen molar-refractivity contribution in [1.82, 2.24) is 25.3 Å². The Morgan fingerprint density at radius 1 is 1.05 bits per heavy atom. The molecule has 38 heavy (non-hydrogen) atoms. The number of carbonyl (C=O) groups excluding carboxylic acids is 1. The standard InChI is InChI=1S/C27H36N8OS2/c1-19(2)37-23-7-5-21(6-8-23)17-34-13-9-20(10-14-34)16-25(36)30-27-33-32-26(38-27)29-22-11-15-35(18-22)24-4-3-12-28-31-24/h3-8,12,19-20,22H,9-11,13-18H2,1-2H3,(H,29,32)(H,30,33,36)/t22-/m1/s1. The van der Waals surface area contributed by atoms with E-state index in [1.165, 1.54) is 21.8 Å². The Bertz CT molecular complexity index is 1170. The molecule has 4 heterocycles. The van der Waals surface area contributed by atoms with Gasteiger partial charge in [-0.1, -0.05) is 37.3 Å². The third kappa shape index (κ3) is 7.64. The van der Waals surface area contributed by atoms with Gasteiger partial charge in [-0.3, -0.25) is 9.69 Å². The SMILES string of the molecule is CC(C)Sc1ccc(CN2CCC(CC(=O)Nc3nnc(N[C@@H]4CCN(c5cccnn5)C4)s3)CC2)cc1. The number of carbonyl (C=O) groups is 1. The number of piperidine rings is 1. The zero-order valence-electron chi connectivity index (χ0n) is 22.0. The Balaban J connectivity index is 1.01. The summed E-state index contributed by atoms with van der Waals surface area (Å²) in [4.78, 5) is 18.7. The molecule has 0 bridgehead atoms. The molecule has 1 aromatic carbocycles. The highest BCUT2D eigenvalue weighted by Crippen LogP contribution is 2.27. The third-order valence-corrected chi connectivity index (χ3v) is 8.74. The summed E-state index contributed by atoms with van der Waals surface area (Å²) >= 11 is 3.29. The van der Waals surface area contributed by atoms with Crippen molar-refractivity contribution in [2.45, 2.75) is 62.3 Å². The molecule has 0 radical (unpaired) electrons. The van der Waals surface area contributed by atoms with Crippen molar-refractivity contribution >= 4 is 45.1 Å². The molecule has 2 saturated heterocycles. The Labute approximate surface area is 232 Å². The quantitative estimate of drug-likeness (QED) is 0.345. The molecule has 2 N–H and O–H groups in total. The number of rotatable bonds is 10. The summed E-state index contributed by atoms with van der Waals surface area (Å²) in [7, 11) is 0. The van der Waals surface area contributed by atoms with Gasteiger partial charge in [0.2, 0.25) is 16.2 Å². The predicted octanol–water partition coefficient (Wildman–Crippen LogP) is 4.76. The number of hydrogen-bond donors (Lipinski definition) is 2.